The Morgan fingerprint density at radius 1 is 0.474 bits per heavy atom. The van der Waals surface area contributed by atoms with Crippen LogP contribution >= 0.6 is 28.4 Å². The van der Waals surface area contributed by atoms with Gasteiger partial charge in [0.05, 0.1) is 0 Å². The van der Waals surface area contributed by atoms with E-state index in [4.69, 9.17) is 22.5 Å². The molecule has 0 heterocycles. The first kappa shape index (κ1) is 35.7. The second-order valence-corrected chi connectivity index (χ2v) is 21.3. The van der Waals surface area contributed by atoms with Crippen molar-refractivity contribution in [3.8, 4) is 0 Å². The van der Waals surface area contributed by atoms with E-state index in [1.165, 1.54) is 33.6 Å². The molecule has 0 aliphatic heterocycles. The molecule has 2 aromatic carbocycles. The van der Waals surface area contributed by atoms with Crippen LogP contribution in [0, 0.1) is 0 Å². The van der Waals surface area contributed by atoms with Gasteiger partial charge >= 0.3 is 240 Å². The van der Waals surface area contributed by atoms with E-state index in [9.17, 15) is 0 Å². The van der Waals surface area contributed by atoms with E-state index >= 15 is 0 Å². The molecule has 0 amide bonds. The van der Waals surface area contributed by atoms with Gasteiger partial charge in [-0.3, -0.25) is 0 Å². The number of rotatable bonds is 4. The minimum Gasteiger partial charge on any atom is 0 e. The standard InChI is InChI=1S/C32H53Cl2N2P.Pd/c1-29(2,3)25-21(35(13)14)17-19-23(27(25)31(7,8)9)37(33,34)24-20-18-22(36(15)16)26(30(4,5)6)28(24)32(10,11)12;/h17-20,37H,1-16H3;. The molecule has 2 rings (SSSR count). The largest absolute Gasteiger partial charge is 0 e. The number of hydrogen-bond acceptors (Lipinski definition) is 2. The van der Waals surface area contributed by atoms with E-state index in [0.29, 0.717) is 0 Å². The molecule has 220 valence electrons. The van der Waals surface area contributed by atoms with Crippen LogP contribution in [0.1, 0.15) is 105 Å². The molecule has 6 heteroatoms. The van der Waals surface area contributed by atoms with Crippen molar-refractivity contribution in [2.24, 2.45) is 0 Å². The number of halogens is 2. The van der Waals surface area contributed by atoms with Gasteiger partial charge < -0.3 is 0 Å². The topological polar surface area (TPSA) is 6.48 Å². The third-order valence-electron chi connectivity index (χ3n) is 7.01. The Hall–Kier alpha value is -0.288. The molecule has 0 spiro atoms. The van der Waals surface area contributed by atoms with Gasteiger partial charge in [-0.05, 0) is 0 Å². The van der Waals surface area contributed by atoms with Crippen LogP contribution < -0.4 is 20.4 Å². The summed E-state index contributed by atoms with van der Waals surface area (Å²) in [6.45, 7) is 27.5. The average molecular weight is 674 g/mol. The van der Waals surface area contributed by atoms with Crippen LogP contribution in [0.25, 0.3) is 0 Å². The molecule has 0 radical (unpaired) electrons. The fourth-order valence-corrected chi connectivity index (χ4v) is 10.1. The Kier molecular flexibility index (Phi) is 10.8. The van der Waals surface area contributed by atoms with Crippen molar-refractivity contribution in [3.05, 3.63) is 46.5 Å². The first-order valence-electron chi connectivity index (χ1n) is 13.4. The molecule has 0 aromatic heterocycles. The summed E-state index contributed by atoms with van der Waals surface area (Å²) in [5, 5.41) is 2.23. The summed E-state index contributed by atoms with van der Waals surface area (Å²) in [5.74, 6) is -3.19. The van der Waals surface area contributed by atoms with Crippen LogP contribution in [0.4, 0.5) is 11.4 Å². The van der Waals surface area contributed by atoms with Gasteiger partial charge in [0.25, 0.3) is 0 Å². The molecular weight excluding hydrogens is 621 g/mol. The number of nitrogens with zero attached hydrogens (tertiary/aromatic N) is 2. The minimum atomic E-state index is -3.19. The monoisotopic (exact) mass is 672 g/mol. The SMILES string of the molecule is CN(C)c1ccc([PH](Cl)(Cl)c2ccc(N(C)C)c(C(C)(C)C)c2C(C)(C)C)c(C(C)(C)C)c1C(C)(C)C.[Pd]. The van der Waals surface area contributed by atoms with E-state index in [1.807, 2.05) is 0 Å². The van der Waals surface area contributed by atoms with Crippen molar-refractivity contribution in [2.75, 3.05) is 38.0 Å². The molecule has 0 fully saturated rings. The van der Waals surface area contributed by atoms with Crippen molar-refractivity contribution >= 4 is 50.4 Å². The number of benzene rings is 2. The zero-order chi connectivity index (χ0) is 29.1. The molecule has 0 aliphatic carbocycles. The summed E-state index contributed by atoms with van der Waals surface area (Å²) in [7, 11) is 8.48. The molecule has 0 atom stereocenters. The summed E-state index contributed by atoms with van der Waals surface area (Å²) in [5.41, 5.74) is 7.28. The van der Waals surface area contributed by atoms with Crippen LogP contribution in [0.15, 0.2) is 24.3 Å². The Balaban J connectivity index is 0.00000722. The molecule has 0 bridgehead atoms. The van der Waals surface area contributed by atoms with E-state index < -0.39 is 5.97 Å². The number of hydrogen-bond donors (Lipinski definition) is 0. The summed E-state index contributed by atoms with van der Waals surface area (Å²) in [4.78, 5) is 4.44. The van der Waals surface area contributed by atoms with Gasteiger partial charge in [-0.1, -0.05) is 0 Å². The second-order valence-electron chi connectivity index (χ2n) is 15.1. The Morgan fingerprint density at radius 2 is 0.711 bits per heavy atom. The van der Waals surface area contributed by atoms with Crippen LogP contribution in [0.2, 0.25) is 0 Å². The Bertz CT molecular complexity index is 1050. The van der Waals surface area contributed by atoms with Crippen molar-refractivity contribution in [2.45, 2.75) is 105 Å². The molecular formula is C32H53Cl2N2PPd. The number of anilines is 2. The third kappa shape index (κ3) is 7.13. The zero-order valence-electron chi connectivity index (χ0n) is 26.8. The maximum atomic E-state index is 7.79. The van der Waals surface area contributed by atoms with Gasteiger partial charge in [0.2, 0.25) is 0 Å². The van der Waals surface area contributed by atoms with E-state index in [-0.39, 0.29) is 42.1 Å². The maximum absolute atomic E-state index is 7.79. The zero-order valence-corrected chi connectivity index (χ0v) is 30.8. The maximum Gasteiger partial charge on any atom is 0 e. The molecule has 0 aliphatic rings. The van der Waals surface area contributed by atoms with E-state index in [2.05, 4.69) is 145 Å². The summed E-state index contributed by atoms with van der Waals surface area (Å²) >= 11 is 15.6. The van der Waals surface area contributed by atoms with Crippen molar-refractivity contribution in [3.63, 3.8) is 0 Å². The second kappa shape index (κ2) is 11.5. The molecule has 0 unspecified atom stereocenters. The summed E-state index contributed by atoms with van der Waals surface area (Å²) in [6.07, 6.45) is 0. The van der Waals surface area contributed by atoms with E-state index in [1.54, 1.807) is 0 Å². The molecule has 38 heavy (non-hydrogen) atoms. The van der Waals surface area contributed by atoms with E-state index in [0.717, 1.165) is 10.6 Å². The predicted octanol–water partition coefficient (Wildman–Crippen LogP) is 9.01. The van der Waals surface area contributed by atoms with Crippen molar-refractivity contribution in [1.29, 1.82) is 0 Å². The normalized spacial score (nSPS) is 13.7. The first-order chi connectivity index (χ1) is 16.3. The van der Waals surface area contributed by atoms with Crippen molar-refractivity contribution in [1.82, 2.24) is 0 Å². The minimum absolute atomic E-state index is 0. The first-order valence-corrected chi connectivity index (χ1v) is 17.5. The molecule has 0 saturated heterocycles. The fourth-order valence-electron chi connectivity index (χ4n) is 5.67. The summed E-state index contributed by atoms with van der Waals surface area (Å²) < 4.78 is 0. The van der Waals surface area contributed by atoms with Crippen LogP contribution in [0.3, 0.4) is 0 Å². The Labute approximate surface area is 258 Å². The molecule has 2 aromatic rings. The summed E-state index contributed by atoms with van der Waals surface area (Å²) in [6, 6.07) is 8.90. The quantitative estimate of drug-likeness (QED) is 0.236. The van der Waals surface area contributed by atoms with Gasteiger partial charge in [-0.25, -0.2) is 0 Å². The molecule has 2 nitrogen and oxygen atoms in total. The van der Waals surface area contributed by atoms with Crippen molar-refractivity contribution < 1.29 is 20.4 Å². The molecule has 0 saturated carbocycles. The van der Waals surface area contributed by atoms with Gasteiger partial charge in [-0.2, -0.15) is 0 Å². The van der Waals surface area contributed by atoms with Gasteiger partial charge in [0, 0.05) is 20.4 Å². The predicted molar refractivity (Wildman–Crippen MR) is 176 cm³/mol. The van der Waals surface area contributed by atoms with Crippen LogP contribution in [0.5, 0.6) is 0 Å². The Morgan fingerprint density at radius 3 is 0.895 bits per heavy atom. The van der Waals surface area contributed by atoms with Gasteiger partial charge in [0.1, 0.15) is 0 Å². The van der Waals surface area contributed by atoms with Crippen LogP contribution in [-0.2, 0) is 42.1 Å². The van der Waals surface area contributed by atoms with Crippen LogP contribution in [-0.4, -0.2) is 28.2 Å². The van der Waals surface area contributed by atoms with Gasteiger partial charge in [0.15, 0.2) is 0 Å². The van der Waals surface area contributed by atoms with Gasteiger partial charge in [-0.15, -0.1) is 0 Å². The smallest absolute Gasteiger partial charge is 0 e. The third-order valence-corrected chi connectivity index (χ3v) is 11.6. The average Bonchev–Trinajstić information content (AvgIpc) is 2.68. The molecule has 0 N–H and O–H groups in total. The fraction of sp³-hybridized carbons (Fsp3) is 0.625.